The minimum absolute atomic E-state index is 0.394. The molecule has 0 unspecified atom stereocenters. The number of benzene rings is 1. The van der Waals surface area contributed by atoms with Crippen molar-refractivity contribution in [2.75, 3.05) is 5.32 Å². The van der Waals surface area contributed by atoms with E-state index in [-0.39, 0.29) is 0 Å². The summed E-state index contributed by atoms with van der Waals surface area (Å²) >= 11 is 0. The zero-order valence-corrected chi connectivity index (χ0v) is 11.2. The third-order valence-corrected chi connectivity index (χ3v) is 3.92. The fraction of sp³-hybridized carbons (Fsp3) is 0.267. The molecule has 100 valence electrons. The van der Waals surface area contributed by atoms with Gasteiger partial charge in [-0.2, -0.15) is 5.10 Å². The van der Waals surface area contributed by atoms with E-state index >= 15 is 0 Å². The summed E-state index contributed by atoms with van der Waals surface area (Å²) in [6.45, 7) is 0. The predicted molar refractivity (Wildman–Crippen MR) is 77.6 cm³/mol. The number of fused-ring (bicyclic) bond motifs is 2. The molecule has 1 N–H and O–H groups in total. The summed E-state index contributed by atoms with van der Waals surface area (Å²) in [5, 5.41) is 8.76. The van der Waals surface area contributed by atoms with E-state index in [1.807, 2.05) is 13.2 Å². The molecule has 0 amide bonds. The molecule has 1 aliphatic carbocycles. The Bertz CT molecular complexity index is 752. The number of aryl methyl sites for hydroxylation is 1. The van der Waals surface area contributed by atoms with Crippen LogP contribution in [0.4, 0.5) is 5.82 Å². The number of hydrogen-bond acceptors (Lipinski definition) is 4. The second kappa shape index (κ2) is 4.30. The molecule has 4 rings (SSSR count). The van der Waals surface area contributed by atoms with Crippen LogP contribution in [0.3, 0.4) is 0 Å². The Morgan fingerprint density at radius 3 is 2.65 bits per heavy atom. The van der Waals surface area contributed by atoms with Crippen LogP contribution in [0.2, 0.25) is 0 Å². The summed E-state index contributed by atoms with van der Waals surface area (Å²) in [6, 6.07) is 9.01. The molecule has 2 aromatic heterocycles. The van der Waals surface area contributed by atoms with Crippen molar-refractivity contribution in [2.45, 2.75) is 18.9 Å². The van der Waals surface area contributed by atoms with Gasteiger partial charge in [0.1, 0.15) is 12.1 Å². The number of rotatable bonds is 2. The zero-order valence-electron chi connectivity index (χ0n) is 11.2. The molecule has 0 fully saturated rings. The lowest BCUT2D eigenvalue weighted by molar-refractivity contribution is 0.768. The molecule has 0 radical (unpaired) electrons. The summed E-state index contributed by atoms with van der Waals surface area (Å²) in [5.74, 6) is 0.876. The van der Waals surface area contributed by atoms with Crippen molar-refractivity contribution in [1.29, 1.82) is 0 Å². The average molecular weight is 265 g/mol. The van der Waals surface area contributed by atoms with E-state index in [1.54, 1.807) is 11.0 Å². The molecule has 0 saturated carbocycles. The Morgan fingerprint density at radius 1 is 1.15 bits per heavy atom. The van der Waals surface area contributed by atoms with Crippen LogP contribution in [0.15, 0.2) is 36.8 Å². The lowest BCUT2D eigenvalue weighted by Gasteiger charge is -2.13. The number of aromatic nitrogens is 4. The van der Waals surface area contributed by atoms with Crippen LogP contribution in [0.1, 0.15) is 11.1 Å². The van der Waals surface area contributed by atoms with Crippen LogP contribution in [-0.4, -0.2) is 25.8 Å². The van der Waals surface area contributed by atoms with Crippen LogP contribution in [-0.2, 0) is 19.9 Å². The molecule has 5 nitrogen and oxygen atoms in total. The van der Waals surface area contributed by atoms with Gasteiger partial charge in [0.25, 0.3) is 0 Å². The molecule has 0 bridgehead atoms. The van der Waals surface area contributed by atoms with Gasteiger partial charge in [0.2, 0.25) is 0 Å². The Labute approximate surface area is 116 Å². The molecule has 2 heterocycles. The first-order chi connectivity index (χ1) is 9.81. The maximum Gasteiger partial charge on any atom is 0.163 e. The predicted octanol–water partition coefficient (Wildman–Crippen LogP) is 1.94. The molecule has 0 saturated heterocycles. The molecule has 1 aromatic carbocycles. The second-order valence-electron chi connectivity index (χ2n) is 5.25. The minimum Gasteiger partial charge on any atom is -0.366 e. The highest BCUT2D eigenvalue weighted by molar-refractivity contribution is 5.86. The van der Waals surface area contributed by atoms with Crippen molar-refractivity contribution in [3.8, 4) is 0 Å². The fourth-order valence-electron chi connectivity index (χ4n) is 2.93. The molecule has 1 aliphatic rings. The summed E-state index contributed by atoms with van der Waals surface area (Å²) in [5.41, 5.74) is 3.72. The molecule has 0 atom stereocenters. The van der Waals surface area contributed by atoms with Crippen molar-refractivity contribution in [1.82, 2.24) is 19.7 Å². The van der Waals surface area contributed by atoms with Gasteiger partial charge in [-0.25, -0.2) is 9.97 Å². The minimum atomic E-state index is 0.394. The van der Waals surface area contributed by atoms with E-state index in [2.05, 4.69) is 44.6 Å². The summed E-state index contributed by atoms with van der Waals surface area (Å²) in [7, 11) is 1.89. The maximum atomic E-state index is 4.37. The SMILES string of the molecule is Cn1ncc2c(NC3Cc4ccccc4C3)ncnc21. The number of hydrogen-bond donors (Lipinski definition) is 1. The van der Waals surface area contributed by atoms with Gasteiger partial charge in [0, 0.05) is 13.1 Å². The lowest BCUT2D eigenvalue weighted by atomic mass is 10.1. The molecule has 0 aliphatic heterocycles. The van der Waals surface area contributed by atoms with Gasteiger partial charge in [0.05, 0.1) is 11.6 Å². The second-order valence-corrected chi connectivity index (χ2v) is 5.25. The summed E-state index contributed by atoms with van der Waals surface area (Å²) in [6.07, 6.45) is 5.50. The van der Waals surface area contributed by atoms with Crippen LogP contribution in [0.25, 0.3) is 11.0 Å². The molecular weight excluding hydrogens is 250 g/mol. The van der Waals surface area contributed by atoms with Crippen LogP contribution >= 0.6 is 0 Å². The average Bonchev–Trinajstić information content (AvgIpc) is 3.03. The number of nitrogens with zero attached hydrogens (tertiary/aromatic N) is 4. The first-order valence-electron chi connectivity index (χ1n) is 6.77. The van der Waals surface area contributed by atoms with Crippen LogP contribution in [0, 0.1) is 0 Å². The van der Waals surface area contributed by atoms with E-state index in [0.29, 0.717) is 6.04 Å². The van der Waals surface area contributed by atoms with Crippen LogP contribution in [0.5, 0.6) is 0 Å². The highest BCUT2D eigenvalue weighted by atomic mass is 15.3. The van der Waals surface area contributed by atoms with E-state index in [1.165, 1.54) is 11.1 Å². The van der Waals surface area contributed by atoms with Gasteiger partial charge < -0.3 is 5.32 Å². The monoisotopic (exact) mass is 265 g/mol. The molecule has 20 heavy (non-hydrogen) atoms. The zero-order chi connectivity index (χ0) is 13.5. The van der Waals surface area contributed by atoms with Crippen molar-refractivity contribution >= 4 is 16.9 Å². The van der Waals surface area contributed by atoms with Crippen molar-refractivity contribution < 1.29 is 0 Å². The Kier molecular flexibility index (Phi) is 2.45. The summed E-state index contributed by atoms with van der Waals surface area (Å²) in [4.78, 5) is 8.64. The lowest BCUT2D eigenvalue weighted by Crippen LogP contribution is -2.20. The van der Waals surface area contributed by atoms with E-state index in [9.17, 15) is 0 Å². The molecule has 0 spiro atoms. The summed E-state index contributed by atoms with van der Waals surface area (Å²) < 4.78 is 1.77. The van der Waals surface area contributed by atoms with E-state index < -0.39 is 0 Å². The third-order valence-electron chi connectivity index (χ3n) is 3.92. The molecule has 3 aromatic rings. The van der Waals surface area contributed by atoms with Gasteiger partial charge in [-0.1, -0.05) is 24.3 Å². The van der Waals surface area contributed by atoms with Gasteiger partial charge in [0.15, 0.2) is 5.65 Å². The quantitative estimate of drug-likeness (QED) is 0.769. The van der Waals surface area contributed by atoms with Crippen molar-refractivity contribution in [3.63, 3.8) is 0 Å². The number of anilines is 1. The van der Waals surface area contributed by atoms with Gasteiger partial charge in [-0.05, 0) is 24.0 Å². The van der Waals surface area contributed by atoms with Gasteiger partial charge in [-0.3, -0.25) is 4.68 Å². The van der Waals surface area contributed by atoms with Crippen molar-refractivity contribution in [2.24, 2.45) is 7.05 Å². The Morgan fingerprint density at radius 2 is 1.90 bits per heavy atom. The Hall–Kier alpha value is -2.43. The molecule has 5 heteroatoms. The highest BCUT2D eigenvalue weighted by Crippen LogP contribution is 2.26. The van der Waals surface area contributed by atoms with Gasteiger partial charge >= 0.3 is 0 Å². The normalized spacial score (nSPS) is 14.7. The van der Waals surface area contributed by atoms with E-state index in [4.69, 9.17) is 0 Å². The van der Waals surface area contributed by atoms with Crippen LogP contribution < -0.4 is 5.32 Å². The standard InChI is InChI=1S/C15H15N5/c1-20-15-13(8-18-20)14(16-9-17-15)19-12-6-10-4-2-3-5-11(10)7-12/h2-5,8-9,12H,6-7H2,1H3,(H,16,17,19). The number of nitrogens with one attached hydrogen (secondary N) is 1. The topological polar surface area (TPSA) is 55.6 Å². The third kappa shape index (κ3) is 1.74. The molecular formula is C15H15N5. The first-order valence-corrected chi connectivity index (χ1v) is 6.77. The van der Waals surface area contributed by atoms with Crippen molar-refractivity contribution in [3.05, 3.63) is 47.9 Å². The maximum absolute atomic E-state index is 4.37. The smallest absolute Gasteiger partial charge is 0.163 e. The largest absolute Gasteiger partial charge is 0.366 e. The van der Waals surface area contributed by atoms with Gasteiger partial charge in [-0.15, -0.1) is 0 Å². The Balaban J connectivity index is 1.64. The first kappa shape index (κ1) is 11.4. The fourth-order valence-corrected chi connectivity index (χ4v) is 2.93. The highest BCUT2D eigenvalue weighted by Gasteiger charge is 2.22. The van der Waals surface area contributed by atoms with E-state index in [0.717, 1.165) is 29.7 Å².